The highest BCUT2D eigenvalue weighted by Gasteiger charge is 2.12. The molecule has 6 nitrogen and oxygen atoms in total. The number of halogens is 1. The predicted molar refractivity (Wildman–Crippen MR) is 107 cm³/mol. The molecule has 0 amide bonds. The van der Waals surface area contributed by atoms with E-state index in [1.54, 1.807) is 0 Å². The van der Waals surface area contributed by atoms with Crippen molar-refractivity contribution in [2.45, 2.75) is 26.9 Å². The van der Waals surface area contributed by atoms with Gasteiger partial charge in [-0.25, -0.2) is 18.6 Å². The van der Waals surface area contributed by atoms with Gasteiger partial charge in [0.25, 0.3) is 0 Å². The summed E-state index contributed by atoms with van der Waals surface area (Å²) in [6, 6.07) is 26.3. The molecule has 0 N–H and O–H groups in total. The molecule has 0 fully saturated rings. The van der Waals surface area contributed by atoms with E-state index >= 15 is 0 Å². The topological polar surface area (TPSA) is 101 Å². The number of rotatable bonds is 3. The van der Waals surface area contributed by atoms with Gasteiger partial charge in [0.15, 0.2) is 0 Å². The minimum Gasteiger partial charge on any atom is -0.337 e. The summed E-state index contributed by atoms with van der Waals surface area (Å²) in [6.45, 7) is 6.40. The second-order valence-electron chi connectivity index (χ2n) is 6.48. The van der Waals surface area contributed by atoms with Gasteiger partial charge < -0.3 is 4.57 Å². The van der Waals surface area contributed by atoms with Gasteiger partial charge in [0, 0.05) is 37.8 Å². The quantitative estimate of drug-likeness (QED) is 0.332. The number of aryl methyl sites for hydroxylation is 2. The summed E-state index contributed by atoms with van der Waals surface area (Å²) in [5.41, 5.74) is 3.94. The summed E-state index contributed by atoms with van der Waals surface area (Å²) in [5, 5.41) is 3.93. The van der Waals surface area contributed by atoms with E-state index in [0.29, 0.717) is 0 Å². The van der Waals surface area contributed by atoms with Crippen molar-refractivity contribution in [1.82, 2.24) is 4.57 Å². The maximum atomic E-state index is 8.49. The van der Waals surface area contributed by atoms with Crippen LogP contribution in [0.5, 0.6) is 0 Å². The molecule has 0 bridgehead atoms. The van der Waals surface area contributed by atoms with Crippen LogP contribution in [0, 0.1) is 15.3 Å². The molecule has 0 aliphatic rings. The Hall–Kier alpha value is -2.31. The first kappa shape index (κ1) is 22.4. The Bertz CT molecular complexity index is 1230. The molecular weight excluding hydrogens is 423 g/mol. The Morgan fingerprint density at radius 1 is 0.800 bits per heavy atom. The van der Waals surface area contributed by atoms with Crippen molar-refractivity contribution in [3.8, 4) is 0 Å². The summed E-state index contributed by atoms with van der Waals surface area (Å²) >= 11 is 0. The molecule has 0 radical (unpaired) electrons. The van der Waals surface area contributed by atoms with Crippen molar-refractivity contribution in [1.29, 1.82) is 0 Å². The highest BCUT2D eigenvalue weighted by Crippen LogP contribution is 2.18. The second-order valence-corrected chi connectivity index (χ2v) is 8.37. The van der Waals surface area contributed by atoms with Crippen LogP contribution < -0.4 is 28.6 Å². The van der Waals surface area contributed by atoms with Gasteiger partial charge in [-0.3, -0.25) is 0 Å². The zero-order valence-electron chi connectivity index (χ0n) is 16.7. The van der Waals surface area contributed by atoms with Crippen LogP contribution in [0.2, 0.25) is 0 Å². The van der Waals surface area contributed by atoms with Crippen molar-refractivity contribution < 1.29 is 33.4 Å². The molecule has 0 saturated heterocycles. The van der Waals surface area contributed by atoms with Gasteiger partial charge >= 0.3 is 0 Å². The molecule has 0 atom stereocenters. The molecule has 156 valence electrons. The summed E-state index contributed by atoms with van der Waals surface area (Å²) in [7, 11) is -3.70. The summed E-state index contributed by atoms with van der Waals surface area (Å²) in [4.78, 5) is 0. The van der Waals surface area contributed by atoms with Crippen LogP contribution in [0.15, 0.2) is 72.8 Å². The highest BCUT2D eigenvalue weighted by atomic mass is 35.7. The van der Waals surface area contributed by atoms with E-state index in [1.807, 2.05) is 0 Å². The maximum Gasteiger partial charge on any atom is 0.232 e. The number of hydrogen-bond donors (Lipinski definition) is 0. The molecule has 0 unspecified atom stereocenters. The van der Waals surface area contributed by atoms with Crippen LogP contribution in [0.3, 0.4) is 0 Å². The Kier molecular flexibility index (Phi) is 7.21. The maximum absolute atomic E-state index is 8.49. The number of aromatic nitrogens is 2. The first-order valence-electron chi connectivity index (χ1n) is 9.48. The van der Waals surface area contributed by atoms with Crippen LogP contribution in [-0.2, 0) is 13.1 Å². The zero-order chi connectivity index (χ0) is 21.7. The number of nitrogens with zero attached hydrogens (tertiary/aromatic N) is 2. The fraction of sp³-hybridized carbons (Fsp3) is 0.182. The molecule has 2 aromatic heterocycles. The van der Waals surface area contributed by atoms with Crippen LogP contribution in [0.25, 0.3) is 21.8 Å². The van der Waals surface area contributed by atoms with E-state index in [4.69, 9.17) is 18.6 Å². The van der Waals surface area contributed by atoms with Gasteiger partial charge in [-0.1, -0.05) is 36.4 Å². The Morgan fingerprint density at radius 3 is 2.07 bits per heavy atom. The minimum atomic E-state index is -4.94. The lowest BCUT2D eigenvalue weighted by Gasteiger charge is -2.17. The van der Waals surface area contributed by atoms with Gasteiger partial charge in [-0.2, -0.15) is 4.57 Å². The Balaban J connectivity index is 0.000000461. The van der Waals surface area contributed by atoms with Crippen molar-refractivity contribution in [3.05, 3.63) is 77.9 Å². The van der Waals surface area contributed by atoms with Crippen molar-refractivity contribution in [2.24, 2.45) is 0 Å². The summed E-state index contributed by atoms with van der Waals surface area (Å²) in [5.74, 6) is 0. The second kappa shape index (κ2) is 9.67. The largest absolute Gasteiger partial charge is 0.337 e. The molecule has 0 aliphatic carbocycles. The van der Waals surface area contributed by atoms with Crippen molar-refractivity contribution in [3.63, 3.8) is 0 Å². The average Bonchev–Trinajstić information content (AvgIpc) is 2.72. The number of para-hydroxylation sites is 2. The monoisotopic (exact) mass is 444 g/mol. The van der Waals surface area contributed by atoms with E-state index in [-0.39, 0.29) is 0 Å². The van der Waals surface area contributed by atoms with Gasteiger partial charge in [0.2, 0.25) is 11.0 Å². The summed E-state index contributed by atoms with van der Waals surface area (Å²) in [6.07, 6.45) is 0. The van der Waals surface area contributed by atoms with E-state index in [2.05, 4.69) is 95.8 Å². The Morgan fingerprint density at radius 2 is 1.40 bits per heavy atom. The van der Waals surface area contributed by atoms with E-state index < -0.39 is 10.2 Å². The fourth-order valence-corrected chi connectivity index (χ4v) is 4.75. The molecular formula is C22H22ClN2O4P. The highest BCUT2D eigenvalue weighted by molar-refractivity contribution is 7.38. The Labute approximate surface area is 178 Å². The first-order valence-corrected chi connectivity index (χ1v) is 11.6. The predicted octanol–water partition coefficient (Wildman–Crippen LogP) is 0.169. The third-order valence-electron chi connectivity index (χ3n) is 4.69. The van der Waals surface area contributed by atoms with E-state index in [9.17, 15) is 0 Å². The zero-order valence-corrected chi connectivity index (χ0v) is 18.3. The first-order chi connectivity index (χ1) is 14.3. The van der Waals surface area contributed by atoms with Gasteiger partial charge in [-0.15, -0.1) is 10.2 Å². The molecule has 4 rings (SSSR count). The molecule has 8 heteroatoms. The number of pyridine rings is 2. The standard InChI is InChI=1S/C22H22N2P.ClHO4/c1-3-23-19-11-7-5-9-17(19)13-15-21(23)25-22-16-14-18-10-6-8-12-20(18)24(22)4-2;2-1(3,4)5/h5-16H,3-4H2,1-2H3;(H,2,3,4,5)/q+1;/p-1. The number of hydrogen-bond acceptors (Lipinski definition) is 4. The van der Waals surface area contributed by atoms with Crippen LogP contribution in [-0.4, -0.2) is 4.57 Å². The summed E-state index contributed by atoms with van der Waals surface area (Å²) < 4.78 is 38.8. The third kappa shape index (κ3) is 5.43. The normalized spacial score (nSPS) is 12.1. The lowest BCUT2D eigenvalue weighted by Crippen LogP contribution is -2.68. The van der Waals surface area contributed by atoms with Crippen LogP contribution in [0.4, 0.5) is 0 Å². The van der Waals surface area contributed by atoms with E-state index in [0.717, 1.165) is 13.1 Å². The van der Waals surface area contributed by atoms with E-state index in [1.165, 1.54) is 40.5 Å². The van der Waals surface area contributed by atoms with Crippen molar-refractivity contribution in [2.75, 3.05) is 0 Å². The number of fused-ring (bicyclic) bond motifs is 2. The SMILES string of the molecule is CCn1c(=Pc2ccc3ccccc3[n+]2CC)ccc2ccccc21.[O-][Cl+3]([O-])([O-])[O-]. The smallest absolute Gasteiger partial charge is 0.232 e. The molecule has 0 saturated carbocycles. The molecule has 0 spiro atoms. The lowest BCUT2D eigenvalue weighted by molar-refractivity contribution is -2.00. The molecule has 2 heterocycles. The third-order valence-corrected chi connectivity index (χ3v) is 5.93. The number of benzene rings is 2. The van der Waals surface area contributed by atoms with Crippen LogP contribution >= 0.6 is 8.20 Å². The van der Waals surface area contributed by atoms with Gasteiger partial charge in [-0.05, 0) is 43.5 Å². The molecule has 2 aromatic carbocycles. The van der Waals surface area contributed by atoms with Gasteiger partial charge in [0.05, 0.1) is 5.07 Å². The van der Waals surface area contributed by atoms with Crippen LogP contribution in [0.1, 0.15) is 13.8 Å². The van der Waals surface area contributed by atoms with Crippen molar-refractivity contribution >= 4 is 35.4 Å². The molecule has 30 heavy (non-hydrogen) atoms. The fourth-order valence-electron chi connectivity index (χ4n) is 3.48. The minimum absolute atomic E-state index is 0.976. The molecule has 4 aromatic rings. The van der Waals surface area contributed by atoms with Gasteiger partial charge in [0.1, 0.15) is 6.54 Å². The lowest BCUT2D eigenvalue weighted by atomic mass is 10.2. The average molecular weight is 445 g/mol. The molecule has 0 aliphatic heterocycles.